The van der Waals surface area contributed by atoms with Crippen LogP contribution < -0.4 is 15.4 Å². The normalized spacial score (nSPS) is 14.4. The van der Waals surface area contributed by atoms with Crippen LogP contribution in [0.1, 0.15) is 30.9 Å². The fourth-order valence-corrected chi connectivity index (χ4v) is 2.37. The summed E-state index contributed by atoms with van der Waals surface area (Å²) in [6.07, 6.45) is -1.86. The van der Waals surface area contributed by atoms with E-state index in [1.54, 1.807) is 19.1 Å². The van der Waals surface area contributed by atoms with Gasteiger partial charge in [-0.15, -0.1) is 24.0 Å². The monoisotopic (exact) mass is 515 g/mol. The third-order valence-electron chi connectivity index (χ3n) is 3.96. The first-order chi connectivity index (χ1) is 12.9. The van der Waals surface area contributed by atoms with Gasteiger partial charge in [-0.05, 0) is 44.2 Å². The largest absolute Gasteiger partial charge is 0.484 e. The Bertz CT molecular complexity index is 623. The lowest BCUT2D eigenvalue weighted by Crippen LogP contribution is -2.39. The highest BCUT2D eigenvalue weighted by Gasteiger charge is 2.28. The second kappa shape index (κ2) is 12.4. The van der Waals surface area contributed by atoms with Crippen molar-refractivity contribution in [3.05, 3.63) is 29.3 Å². The number of halogens is 4. The summed E-state index contributed by atoms with van der Waals surface area (Å²) in [5.74, 6) is 1.53. The van der Waals surface area contributed by atoms with Crippen molar-refractivity contribution in [2.45, 2.75) is 39.4 Å². The molecular formula is C19H29F3IN3O2. The van der Waals surface area contributed by atoms with E-state index in [0.29, 0.717) is 31.2 Å². The smallest absolute Gasteiger partial charge is 0.422 e. The number of nitrogens with zero attached hydrogens (tertiary/aromatic N) is 1. The van der Waals surface area contributed by atoms with Gasteiger partial charge >= 0.3 is 6.18 Å². The zero-order chi connectivity index (χ0) is 19.7. The zero-order valence-electron chi connectivity index (χ0n) is 16.3. The van der Waals surface area contributed by atoms with E-state index < -0.39 is 12.8 Å². The number of alkyl halides is 3. The molecule has 0 aromatic heterocycles. The van der Waals surface area contributed by atoms with Crippen LogP contribution >= 0.6 is 24.0 Å². The SMILES string of the molecule is CCNC(=NCc1ccc(C)cc1OCC(F)(F)F)NCCOCC1CC1.I. The van der Waals surface area contributed by atoms with Crippen LogP contribution in [-0.2, 0) is 11.3 Å². The second-order valence-corrected chi connectivity index (χ2v) is 6.66. The second-order valence-electron chi connectivity index (χ2n) is 6.66. The number of aryl methyl sites for hydroxylation is 1. The highest BCUT2D eigenvalue weighted by Crippen LogP contribution is 2.28. The molecule has 0 spiro atoms. The minimum absolute atomic E-state index is 0. The van der Waals surface area contributed by atoms with E-state index >= 15 is 0 Å². The Balaban J connectivity index is 0.00000392. The van der Waals surface area contributed by atoms with E-state index in [2.05, 4.69) is 15.6 Å². The minimum atomic E-state index is -4.37. The van der Waals surface area contributed by atoms with Crippen LogP contribution in [0, 0.1) is 12.8 Å². The van der Waals surface area contributed by atoms with Gasteiger partial charge in [0.05, 0.1) is 13.2 Å². The molecule has 0 saturated heterocycles. The van der Waals surface area contributed by atoms with Crippen LogP contribution in [0.5, 0.6) is 5.75 Å². The Kier molecular flexibility index (Phi) is 10.9. The molecular weight excluding hydrogens is 486 g/mol. The molecule has 9 heteroatoms. The predicted molar refractivity (Wildman–Crippen MR) is 115 cm³/mol. The average molecular weight is 515 g/mol. The molecule has 1 saturated carbocycles. The summed E-state index contributed by atoms with van der Waals surface area (Å²) >= 11 is 0. The van der Waals surface area contributed by atoms with E-state index in [1.807, 2.05) is 13.0 Å². The summed E-state index contributed by atoms with van der Waals surface area (Å²) in [6, 6.07) is 5.17. The maximum Gasteiger partial charge on any atom is 0.422 e. The number of benzene rings is 1. The molecule has 1 fully saturated rings. The standard InChI is InChI=1S/C19H28F3N3O2.HI/c1-3-23-18(24-8-9-26-12-15-5-6-15)25-11-16-7-4-14(2)10-17(16)27-13-19(20,21)22;/h4,7,10,15H,3,5-6,8-9,11-13H2,1-2H3,(H2,23,24,25);1H. The van der Waals surface area contributed by atoms with Gasteiger partial charge in [-0.3, -0.25) is 0 Å². The van der Waals surface area contributed by atoms with Crippen molar-refractivity contribution in [1.29, 1.82) is 0 Å². The van der Waals surface area contributed by atoms with Crippen LogP contribution in [-0.4, -0.2) is 45.0 Å². The molecule has 0 atom stereocenters. The van der Waals surface area contributed by atoms with Crippen LogP contribution in [0.2, 0.25) is 0 Å². The van der Waals surface area contributed by atoms with Crippen LogP contribution in [0.3, 0.4) is 0 Å². The Hall–Kier alpha value is -1.23. The van der Waals surface area contributed by atoms with Crippen LogP contribution in [0.25, 0.3) is 0 Å². The third kappa shape index (κ3) is 10.4. The molecule has 0 aliphatic heterocycles. The molecule has 0 unspecified atom stereocenters. The first-order valence-electron chi connectivity index (χ1n) is 9.26. The van der Waals surface area contributed by atoms with E-state index in [4.69, 9.17) is 9.47 Å². The molecule has 160 valence electrons. The number of aliphatic imine (C=N–C) groups is 1. The van der Waals surface area contributed by atoms with Gasteiger partial charge in [-0.25, -0.2) is 4.99 Å². The van der Waals surface area contributed by atoms with Gasteiger partial charge in [0.25, 0.3) is 0 Å². The average Bonchev–Trinajstić information content (AvgIpc) is 3.42. The lowest BCUT2D eigenvalue weighted by Gasteiger charge is -2.14. The van der Waals surface area contributed by atoms with Crippen molar-refractivity contribution in [3.8, 4) is 5.75 Å². The minimum Gasteiger partial charge on any atom is -0.484 e. The Labute approximate surface area is 181 Å². The third-order valence-corrected chi connectivity index (χ3v) is 3.96. The molecule has 0 bridgehead atoms. The zero-order valence-corrected chi connectivity index (χ0v) is 18.6. The van der Waals surface area contributed by atoms with Gasteiger partial charge in [0, 0.05) is 25.3 Å². The molecule has 2 N–H and O–H groups in total. The fraction of sp³-hybridized carbons (Fsp3) is 0.632. The molecule has 5 nitrogen and oxygen atoms in total. The number of nitrogens with one attached hydrogen (secondary N) is 2. The first kappa shape index (κ1) is 24.8. The molecule has 0 amide bonds. The quantitative estimate of drug-likeness (QED) is 0.214. The Morgan fingerprint density at radius 3 is 2.64 bits per heavy atom. The van der Waals surface area contributed by atoms with E-state index in [1.165, 1.54) is 12.8 Å². The van der Waals surface area contributed by atoms with Crippen molar-refractivity contribution in [2.24, 2.45) is 10.9 Å². The molecule has 2 rings (SSSR count). The van der Waals surface area contributed by atoms with Crippen LogP contribution in [0.15, 0.2) is 23.2 Å². The Morgan fingerprint density at radius 2 is 2.00 bits per heavy atom. The summed E-state index contributed by atoms with van der Waals surface area (Å²) < 4.78 is 47.9. The lowest BCUT2D eigenvalue weighted by atomic mass is 10.1. The number of rotatable bonds is 10. The Morgan fingerprint density at radius 1 is 1.25 bits per heavy atom. The maximum absolute atomic E-state index is 12.5. The number of hydrogen-bond donors (Lipinski definition) is 2. The fourth-order valence-electron chi connectivity index (χ4n) is 2.37. The van der Waals surface area contributed by atoms with Crippen molar-refractivity contribution in [3.63, 3.8) is 0 Å². The summed E-state index contributed by atoms with van der Waals surface area (Å²) in [5, 5.41) is 6.28. The molecule has 1 aromatic carbocycles. The number of guanidine groups is 1. The molecule has 1 aliphatic carbocycles. The number of hydrogen-bond acceptors (Lipinski definition) is 3. The summed E-state index contributed by atoms with van der Waals surface area (Å²) in [7, 11) is 0. The van der Waals surface area contributed by atoms with Gasteiger partial charge in [0.1, 0.15) is 5.75 Å². The molecule has 1 aliphatic rings. The topological polar surface area (TPSA) is 54.9 Å². The highest BCUT2D eigenvalue weighted by molar-refractivity contribution is 14.0. The summed E-state index contributed by atoms with van der Waals surface area (Å²) in [5.41, 5.74) is 1.43. The number of ether oxygens (including phenoxy) is 2. The first-order valence-corrected chi connectivity index (χ1v) is 9.26. The van der Waals surface area contributed by atoms with Crippen molar-refractivity contribution >= 4 is 29.9 Å². The van der Waals surface area contributed by atoms with Gasteiger partial charge in [0.2, 0.25) is 0 Å². The van der Waals surface area contributed by atoms with Crippen molar-refractivity contribution in [1.82, 2.24) is 10.6 Å². The van der Waals surface area contributed by atoms with Gasteiger partial charge in [-0.2, -0.15) is 13.2 Å². The lowest BCUT2D eigenvalue weighted by molar-refractivity contribution is -0.153. The maximum atomic E-state index is 12.5. The van der Waals surface area contributed by atoms with Gasteiger partial charge in [0.15, 0.2) is 12.6 Å². The van der Waals surface area contributed by atoms with Gasteiger partial charge in [-0.1, -0.05) is 12.1 Å². The molecule has 1 aromatic rings. The van der Waals surface area contributed by atoms with E-state index in [0.717, 1.165) is 18.1 Å². The summed E-state index contributed by atoms with van der Waals surface area (Å²) in [4.78, 5) is 4.44. The molecule has 0 radical (unpaired) electrons. The van der Waals surface area contributed by atoms with Crippen LogP contribution in [0.4, 0.5) is 13.2 Å². The van der Waals surface area contributed by atoms with Crippen molar-refractivity contribution in [2.75, 3.05) is 32.9 Å². The predicted octanol–water partition coefficient (Wildman–Crippen LogP) is 4.04. The molecule has 0 heterocycles. The molecule has 28 heavy (non-hydrogen) atoms. The van der Waals surface area contributed by atoms with E-state index in [9.17, 15) is 13.2 Å². The van der Waals surface area contributed by atoms with Crippen molar-refractivity contribution < 1.29 is 22.6 Å². The summed E-state index contributed by atoms with van der Waals surface area (Å²) in [6.45, 7) is 5.34. The highest BCUT2D eigenvalue weighted by atomic mass is 127. The van der Waals surface area contributed by atoms with E-state index in [-0.39, 0.29) is 36.3 Å². The van der Waals surface area contributed by atoms with Gasteiger partial charge < -0.3 is 20.1 Å².